The third kappa shape index (κ3) is 2.57. The molecule has 0 amide bonds. The van der Waals surface area contributed by atoms with Gasteiger partial charge in [-0.2, -0.15) is 0 Å². The predicted molar refractivity (Wildman–Crippen MR) is 59.8 cm³/mol. The van der Waals surface area contributed by atoms with Gasteiger partial charge in [-0.05, 0) is 38.7 Å². The van der Waals surface area contributed by atoms with Crippen LogP contribution < -0.4 is 0 Å². The quantitative estimate of drug-likeness (QED) is 0.824. The van der Waals surface area contributed by atoms with Gasteiger partial charge in [0.1, 0.15) is 6.10 Å². The van der Waals surface area contributed by atoms with Crippen LogP contribution in [0.5, 0.6) is 0 Å². The molecular weight excluding hydrogens is 204 g/mol. The molecule has 1 saturated carbocycles. The van der Waals surface area contributed by atoms with Crippen molar-refractivity contribution < 1.29 is 9.84 Å². The number of rotatable bonds is 5. The van der Waals surface area contributed by atoms with Crippen molar-refractivity contribution in [3.63, 3.8) is 0 Å². The molecule has 1 unspecified atom stereocenters. The van der Waals surface area contributed by atoms with Gasteiger partial charge in [-0.25, -0.2) is 9.97 Å². The van der Waals surface area contributed by atoms with Gasteiger partial charge in [0, 0.05) is 12.3 Å². The molecule has 2 rings (SSSR count). The molecule has 1 N–H and O–H groups in total. The Morgan fingerprint density at radius 2 is 2.25 bits per heavy atom. The van der Waals surface area contributed by atoms with E-state index in [1.165, 1.54) is 12.8 Å². The van der Waals surface area contributed by atoms with Crippen LogP contribution in [0, 0.1) is 12.8 Å². The highest BCUT2D eigenvalue weighted by molar-refractivity contribution is 5.12. The number of hydrogen-bond donors (Lipinski definition) is 1. The number of aromatic nitrogens is 2. The van der Waals surface area contributed by atoms with Crippen LogP contribution in [0.4, 0.5) is 0 Å². The molecule has 4 heteroatoms. The first kappa shape index (κ1) is 11.5. The minimum absolute atomic E-state index is 0.00944. The van der Waals surface area contributed by atoms with E-state index < -0.39 is 0 Å². The summed E-state index contributed by atoms with van der Waals surface area (Å²) in [7, 11) is 0. The number of aliphatic hydroxyl groups is 1. The van der Waals surface area contributed by atoms with Gasteiger partial charge in [0.2, 0.25) is 0 Å². The molecule has 88 valence electrons. The van der Waals surface area contributed by atoms with E-state index in [2.05, 4.69) is 9.97 Å². The second-order valence-corrected chi connectivity index (χ2v) is 4.23. The van der Waals surface area contributed by atoms with E-state index in [9.17, 15) is 0 Å². The Morgan fingerprint density at radius 3 is 2.81 bits per heavy atom. The summed E-state index contributed by atoms with van der Waals surface area (Å²) in [5, 5.41) is 9.12. The van der Waals surface area contributed by atoms with Crippen molar-refractivity contribution in [3.05, 3.63) is 23.3 Å². The third-order valence-electron chi connectivity index (χ3n) is 2.74. The monoisotopic (exact) mass is 222 g/mol. The molecule has 0 aliphatic heterocycles. The van der Waals surface area contributed by atoms with Gasteiger partial charge in [-0.15, -0.1) is 0 Å². The fourth-order valence-electron chi connectivity index (χ4n) is 1.87. The SMILES string of the molecule is CCOC(c1nc(C)cc(CO)n1)C1CC1. The molecule has 1 fully saturated rings. The van der Waals surface area contributed by atoms with Gasteiger partial charge in [0.25, 0.3) is 0 Å². The number of aryl methyl sites for hydroxylation is 1. The second kappa shape index (κ2) is 4.89. The standard InChI is InChI=1S/C12H18N2O2/c1-3-16-11(9-4-5-9)12-13-8(2)6-10(7-15)14-12/h6,9,11,15H,3-5,7H2,1-2H3. The Hall–Kier alpha value is -1.00. The summed E-state index contributed by atoms with van der Waals surface area (Å²) in [6, 6.07) is 1.80. The summed E-state index contributed by atoms with van der Waals surface area (Å²) in [5.41, 5.74) is 1.56. The molecule has 1 aromatic heterocycles. The van der Waals surface area contributed by atoms with E-state index in [0.29, 0.717) is 18.2 Å². The first-order chi connectivity index (χ1) is 7.74. The average Bonchev–Trinajstić information content (AvgIpc) is 3.08. The average molecular weight is 222 g/mol. The minimum Gasteiger partial charge on any atom is -0.390 e. The van der Waals surface area contributed by atoms with Crippen molar-refractivity contribution in [1.29, 1.82) is 0 Å². The second-order valence-electron chi connectivity index (χ2n) is 4.23. The summed E-state index contributed by atoms with van der Waals surface area (Å²) in [4.78, 5) is 8.76. The lowest BCUT2D eigenvalue weighted by molar-refractivity contribution is 0.0395. The molecule has 1 aromatic rings. The highest BCUT2D eigenvalue weighted by atomic mass is 16.5. The van der Waals surface area contributed by atoms with E-state index in [-0.39, 0.29) is 12.7 Å². The van der Waals surface area contributed by atoms with Gasteiger partial charge in [0.05, 0.1) is 12.3 Å². The number of aliphatic hydroxyl groups excluding tert-OH is 1. The van der Waals surface area contributed by atoms with Gasteiger partial charge < -0.3 is 9.84 Å². The molecular formula is C12H18N2O2. The summed E-state index contributed by atoms with van der Waals surface area (Å²) >= 11 is 0. The summed E-state index contributed by atoms with van der Waals surface area (Å²) in [6.45, 7) is 4.53. The molecule has 0 bridgehead atoms. The zero-order valence-corrected chi connectivity index (χ0v) is 9.81. The van der Waals surface area contributed by atoms with Crippen LogP contribution >= 0.6 is 0 Å². The lowest BCUT2D eigenvalue weighted by Crippen LogP contribution is -2.13. The summed E-state index contributed by atoms with van der Waals surface area (Å²) in [5.74, 6) is 1.29. The van der Waals surface area contributed by atoms with Crippen molar-refractivity contribution in [2.45, 2.75) is 39.4 Å². The van der Waals surface area contributed by atoms with Gasteiger partial charge in [-0.3, -0.25) is 0 Å². The van der Waals surface area contributed by atoms with E-state index >= 15 is 0 Å². The minimum atomic E-state index is -0.0418. The fourth-order valence-corrected chi connectivity index (χ4v) is 1.87. The van der Waals surface area contributed by atoms with E-state index in [0.717, 1.165) is 11.5 Å². The largest absolute Gasteiger partial charge is 0.390 e. The maximum Gasteiger partial charge on any atom is 0.157 e. The first-order valence-electron chi connectivity index (χ1n) is 5.81. The van der Waals surface area contributed by atoms with Crippen LogP contribution in [-0.2, 0) is 11.3 Å². The van der Waals surface area contributed by atoms with E-state index in [4.69, 9.17) is 9.84 Å². The van der Waals surface area contributed by atoms with Gasteiger partial charge in [-0.1, -0.05) is 0 Å². The smallest absolute Gasteiger partial charge is 0.157 e. The van der Waals surface area contributed by atoms with Crippen LogP contribution in [0.3, 0.4) is 0 Å². The van der Waals surface area contributed by atoms with Gasteiger partial charge in [0.15, 0.2) is 5.82 Å². The van der Waals surface area contributed by atoms with Gasteiger partial charge >= 0.3 is 0 Å². The zero-order chi connectivity index (χ0) is 11.5. The van der Waals surface area contributed by atoms with E-state index in [1.807, 2.05) is 13.8 Å². The number of ether oxygens (including phenoxy) is 1. The Bertz CT molecular complexity index is 364. The van der Waals surface area contributed by atoms with Crippen molar-refractivity contribution >= 4 is 0 Å². The third-order valence-corrected chi connectivity index (χ3v) is 2.74. The van der Waals surface area contributed by atoms with Crippen LogP contribution in [-0.4, -0.2) is 21.7 Å². The van der Waals surface area contributed by atoms with Crippen molar-refractivity contribution in [2.75, 3.05) is 6.61 Å². The van der Waals surface area contributed by atoms with Crippen LogP contribution in [0.25, 0.3) is 0 Å². The topological polar surface area (TPSA) is 55.2 Å². The number of hydrogen-bond acceptors (Lipinski definition) is 4. The Labute approximate surface area is 95.7 Å². The molecule has 0 spiro atoms. The molecule has 1 heterocycles. The normalized spacial score (nSPS) is 17.4. The van der Waals surface area contributed by atoms with E-state index in [1.54, 1.807) is 6.07 Å². The highest BCUT2D eigenvalue weighted by Crippen LogP contribution is 2.42. The first-order valence-corrected chi connectivity index (χ1v) is 5.81. The summed E-state index contributed by atoms with van der Waals surface area (Å²) in [6.07, 6.45) is 2.39. The lowest BCUT2D eigenvalue weighted by atomic mass is 10.2. The van der Waals surface area contributed by atoms with Crippen LogP contribution in [0.2, 0.25) is 0 Å². The zero-order valence-electron chi connectivity index (χ0n) is 9.81. The van der Waals surface area contributed by atoms with Crippen molar-refractivity contribution in [3.8, 4) is 0 Å². The number of nitrogens with zero attached hydrogens (tertiary/aromatic N) is 2. The van der Waals surface area contributed by atoms with Crippen LogP contribution in [0.15, 0.2) is 6.07 Å². The van der Waals surface area contributed by atoms with Crippen LogP contribution in [0.1, 0.15) is 43.1 Å². The Balaban J connectivity index is 2.25. The molecule has 0 aromatic carbocycles. The fraction of sp³-hybridized carbons (Fsp3) is 0.667. The molecule has 0 radical (unpaired) electrons. The molecule has 1 aliphatic rings. The predicted octanol–water partition coefficient (Wildman–Crippen LogP) is 1.76. The maximum atomic E-state index is 9.12. The van der Waals surface area contributed by atoms with Crippen molar-refractivity contribution in [2.24, 2.45) is 5.92 Å². The molecule has 4 nitrogen and oxygen atoms in total. The molecule has 1 atom stereocenters. The molecule has 1 aliphatic carbocycles. The Morgan fingerprint density at radius 1 is 1.50 bits per heavy atom. The molecule has 0 saturated heterocycles. The maximum absolute atomic E-state index is 9.12. The molecule has 16 heavy (non-hydrogen) atoms. The summed E-state index contributed by atoms with van der Waals surface area (Å²) < 4.78 is 5.70. The Kier molecular flexibility index (Phi) is 3.51. The van der Waals surface area contributed by atoms with Crippen molar-refractivity contribution in [1.82, 2.24) is 9.97 Å². The lowest BCUT2D eigenvalue weighted by Gasteiger charge is -2.15. The highest BCUT2D eigenvalue weighted by Gasteiger charge is 2.35.